The van der Waals surface area contributed by atoms with E-state index in [-0.39, 0.29) is 10.6 Å². The third-order valence-electron chi connectivity index (χ3n) is 3.68. The molecule has 19 heavy (non-hydrogen) atoms. The molecule has 1 fully saturated rings. The van der Waals surface area contributed by atoms with E-state index in [1.54, 1.807) is 6.07 Å². The van der Waals surface area contributed by atoms with Crippen molar-refractivity contribution >= 4 is 21.6 Å². The van der Waals surface area contributed by atoms with Gasteiger partial charge in [-0.05, 0) is 25.0 Å². The maximum absolute atomic E-state index is 11.0. The first-order valence-electron chi connectivity index (χ1n) is 6.83. The summed E-state index contributed by atoms with van der Waals surface area (Å²) in [6.07, 6.45) is 7.53. The summed E-state index contributed by atoms with van der Waals surface area (Å²) in [6, 6.07) is 5.76. The van der Waals surface area contributed by atoms with Crippen LogP contribution in [0.15, 0.2) is 22.7 Å². The molecule has 1 N–H and O–H groups in total. The second-order valence-electron chi connectivity index (χ2n) is 5.10. The summed E-state index contributed by atoms with van der Waals surface area (Å²) in [5, 5.41) is 14.5. The third-order valence-corrected chi connectivity index (χ3v) is 4.17. The van der Waals surface area contributed by atoms with E-state index >= 15 is 0 Å². The normalized spacial score (nSPS) is 17.1. The Bertz CT molecular complexity index is 443. The van der Waals surface area contributed by atoms with Gasteiger partial charge in [-0.1, -0.05) is 41.6 Å². The monoisotopic (exact) mass is 326 g/mol. The van der Waals surface area contributed by atoms with Gasteiger partial charge in [0.15, 0.2) is 0 Å². The van der Waals surface area contributed by atoms with E-state index in [0.717, 1.165) is 10.0 Å². The van der Waals surface area contributed by atoms with Crippen molar-refractivity contribution in [3.63, 3.8) is 0 Å². The Morgan fingerprint density at radius 2 is 1.95 bits per heavy atom. The van der Waals surface area contributed by atoms with Gasteiger partial charge in [0.25, 0.3) is 5.69 Å². The highest BCUT2D eigenvalue weighted by Crippen LogP contribution is 2.24. The molecule has 4 nitrogen and oxygen atoms in total. The molecule has 0 aliphatic heterocycles. The summed E-state index contributed by atoms with van der Waals surface area (Å²) in [7, 11) is 0. The molecule has 5 heteroatoms. The van der Waals surface area contributed by atoms with Gasteiger partial charge in [-0.15, -0.1) is 0 Å². The van der Waals surface area contributed by atoms with E-state index < -0.39 is 0 Å². The number of nitrogens with zero attached hydrogens (tertiary/aromatic N) is 1. The number of benzene rings is 1. The minimum absolute atomic E-state index is 0.190. The first-order valence-corrected chi connectivity index (χ1v) is 7.62. The van der Waals surface area contributed by atoms with E-state index in [0.29, 0.717) is 12.6 Å². The summed E-state index contributed by atoms with van der Waals surface area (Å²) >= 11 is 3.28. The number of nitro groups is 1. The molecule has 0 radical (unpaired) electrons. The van der Waals surface area contributed by atoms with Gasteiger partial charge in [0, 0.05) is 28.7 Å². The van der Waals surface area contributed by atoms with E-state index in [9.17, 15) is 10.1 Å². The van der Waals surface area contributed by atoms with Crippen LogP contribution in [0.25, 0.3) is 0 Å². The van der Waals surface area contributed by atoms with E-state index in [4.69, 9.17) is 0 Å². The Labute approximate surface area is 121 Å². The standard InChI is InChI=1S/C14H19BrN2O2/c15-12-8-7-11(14(9-12)17(18)19)10-16-13-5-3-1-2-4-6-13/h7-9,13,16H,1-6,10H2. The molecule has 0 amide bonds. The zero-order valence-corrected chi connectivity index (χ0v) is 12.5. The lowest BCUT2D eigenvalue weighted by Crippen LogP contribution is -2.28. The molecule has 2 rings (SSSR count). The molecule has 0 saturated heterocycles. The maximum atomic E-state index is 11.0. The van der Waals surface area contributed by atoms with Gasteiger partial charge in [-0.2, -0.15) is 0 Å². The van der Waals surface area contributed by atoms with E-state index in [1.807, 2.05) is 12.1 Å². The molecule has 1 aliphatic carbocycles. The smallest absolute Gasteiger partial charge is 0.275 e. The molecule has 1 saturated carbocycles. The molecule has 0 unspecified atom stereocenters. The molecule has 0 bridgehead atoms. The predicted octanol–water partition coefficient (Wildman–Crippen LogP) is 4.17. The molecular formula is C14H19BrN2O2. The summed E-state index contributed by atoms with van der Waals surface area (Å²) in [5.41, 5.74) is 0.952. The Kier molecular flexibility index (Phi) is 5.34. The lowest BCUT2D eigenvalue weighted by Gasteiger charge is -2.16. The van der Waals surface area contributed by atoms with Crippen molar-refractivity contribution in [1.82, 2.24) is 5.32 Å². The number of nitrogens with one attached hydrogen (secondary N) is 1. The van der Waals surface area contributed by atoms with Gasteiger partial charge in [-0.25, -0.2) is 0 Å². The largest absolute Gasteiger partial charge is 0.310 e. The van der Waals surface area contributed by atoms with Crippen molar-refractivity contribution in [3.05, 3.63) is 38.3 Å². The summed E-state index contributed by atoms with van der Waals surface area (Å²) < 4.78 is 0.748. The first-order chi connectivity index (χ1) is 9.16. The quantitative estimate of drug-likeness (QED) is 0.513. The van der Waals surface area contributed by atoms with Crippen LogP contribution in [0.3, 0.4) is 0 Å². The second-order valence-corrected chi connectivity index (χ2v) is 6.02. The van der Waals surface area contributed by atoms with Gasteiger partial charge < -0.3 is 5.32 Å². The second kappa shape index (κ2) is 7.01. The molecule has 1 aromatic rings. The van der Waals surface area contributed by atoms with Crippen LogP contribution in [0, 0.1) is 10.1 Å². The number of hydrogen-bond donors (Lipinski definition) is 1. The number of halogens is 1. The first kappa shape index (κ1) is 14.5. The van der Waals surface area contributed by atoms with E-state index in [2.05, 4.69) is 21.2 Å². The Morgan fingerprint density at radius 1 is 1.26 bits per heavy atom. The summed E-state index contributed by atoms with van der Waals surface area (Å²) in [4.78, 5) is 10.7. The molecule has 1 aliphatic rings. The van der Waals surface area contributed by atoms with E-state index in [1.165, 1.54) is 38.5 Å². The molecule has 0 atom stereocenters. The molecule has 0 aromatic heterocycles. The minimum atomic E-state index is -0.311. The lowest BCUT2D eigenvalue weighted by atomic mass is 10.1. The van der Waals surface area contributed by atoms with Crippen LogP contribution in [0.2, 0.25) is 0 Å². The number of rotatable bonds is 4. The van der Waals surface area contributed by atoms with Gasteiger partial charge in [0.2, 0.25) is 0 Å². The molecule has 0 spiro atoms. The topological polar surface area (TPSA) is 55.2 Å². The van der Waals surface area contributed by atoms with Crippen LogP contribution in [-0.4, -0.2) is 11.0 Å². The molecule has 104 valence electrons. The predicted molar refractivity (Wildman–Crippen MR) is 79.1 cm³/mol. The zero-order chi connectivity index (χ0) is 13.7. The van der Waals surface area contributed by atoms with Gasteiger partial charge >= 0.3 is 0 Å². The van der Waals surface area contributed by atoms with Crippen molar-refractivity contribution in [2.24, 2.45) is 0 Å². The minimum Gasteiger partial charge on any atom is -0.310 e. The van der Waals surface area contributed by atoms with Crippen molar-refractivity contribution in [3.8, 4) is 0 Å². The van der Waals surface area contributed by atoms with Crippen molar-refractivity contribution < 1.29 is 4.92 Å². The average Bonchev–Trinajstić information content (AvgIpc) is 2.65. The highest BCUT2D eigenvalue weighted by Gasteiger charge is 2.16. The number of hydrogen-bond acceptors (Lipinski definition) is 3. The fourth-order valence-corrected chi connectivity index (χ4v) is 2.94. The van der Waals surface area contributed by atoms with Crippen LogP contribution in [-0.2, 0) is 6.54 Å². The zero-order valence-electron chi connectivity index (χ0n) is 10.9. The number of nitro benzene ring substituents is 1. The van der Waals surface area contributed by atoms with Crippen molar-refractivity contribution in [1.29, 1.82) is 0 Å². The molecule has 0 heterocycles. The third kappa shape index (κ3) is 4.28. The summed E-state index contributed by atoms with van der Waals surface area (Å²) in [5.74, 6) is 0. The van der Waals surface area contributed by atoms with Gasteiger partial charge in [0.1, 0.15) is 0 Å². The highest BCUT2D eigenvalue weighted by molar-refractivity contribution is 9.10. The van der Waals surface area contributed by atoms with Gasteiger partial charge in [0.05, 0.1) is 4.92 Å². The molecular weight excluding hydrogens is 308 g/mol. The fraction of sp³-hybridized carbons (Fsp3) is 0.571. The average molecular weight is 327 g/mol. The van der Waals surface area contributed by atoms with Crippen molar-refractivity contribution in [2.45, 2.75) is 51.1 Å². The Balaban J connectivity index is 2.00. The van der Waals surface area contributed by atoms with Crippen molar-refractivity contribution in [2.75, 3.05) is 0 Å². The highest BCUT2D eigenvalue weighted by atomic mass is 79.9. The van der Waals surface area contributed by atoms with Crippen LogP contribution in [0.4, 0.5) is 5.69 Å². The lowest BCUT2D eigenvalue weighted by molar-refractivity contribution is -0.385. The van der Waals surface area contributed by atoms with Gasteiger partial charge in [-0.3, -0.25) is 10.1 Å². The SMILES string of the molecule is O=[N+]([O-])c1cc(Br)ccc1CNC1CCCCCC1. The van der Waals surface area contributed by atoms with Crippen LogP contribution < -0.4 is 5.32 Å². The van der Waals surface area contributed by atoms with Crippen LogP contribution in [0.1, 0.15) is 44.1 Å². The maximum Gasteiger partial charge on any atom is 0.275 e. The fourth-order valence-electron chi connectivity index (χ4n) is 2.59. The van der Waals surface area contributed by atoms with Crippen LogP contribution in [0.5, 0.6) is 0 Å². The molecule has 1 aromatic carbocycles. The van der Waals surface area contributed by atoms with Crippen LogP contribution >= 0.6 is 15.9 Å². The summed E-state index contributed by atoms with van der Waals surface area (Å²) in [6.45, 7) is 0.578. The Morgan fingerprint density at radius 3 is 2.58 bits per heavy atom. The Hall–Kier alpha value is -0.940.